The summed E-state index contributed by atoms with van der Waals surface area (Å²) in [4.78, 5) is 35.2. The van der Waals surface area contributed by atoms with E-state index >= 15 is 0 Å². The zero-order valence-electron chi connectivity index (χ0n) is 17.4. The van der Waals surface area contributed by atoms with Crippen LogP contribution in [0.3, 0.4) is 0 Å². The van der Waals surface area contributed by atoms with E-state index in [1.54, 1.807) is 17.9 Å². The minimum Gasteiger partial charge on any atom is -0.340 e. The van der Waals surface area contributed by atoms with Crippen molar-refractivity contribution in [1.82, 2.24) is 20.4 Å². The average molecular weight is 438 g/mol. The van der Waals surface area contributed by atoms with E-state index in [0.29, 0.717) is 22.5 Å². The quantitative estimate of drug-likeness (QED) is 0.582. The summed E-state index contributed by atoms with van der Waals surface area (Å²) in [6.45, 7) is 3.23. The summed E-state index contributed by atoms with van der Waals surface area (Å²) >= 11 is 1.34. The minimum absolute atomic E-state index is 0.132. The lowest BCUT2D eigenvalue weighted by atomic mass is 9.96. The highest BCUT2D eigenvalue weighted by Gasteiger charge is 2.40. The molecule has 0 radical (unpaired) electrons. The predicted octanol–water partition coefficient (Wildman–Crippen LogP) is 4.12. The van der Waals surface area contributed by atoms with Gasteiger partial charge in [0, 0.05) is 25.3 Å². The van der Waals surface area contributed by atoms with Crippen LogP contribution < -0.4 is 10.2 Å². The summed E-state index contributed by atoms with van der Waals surface area (Å²) in [7, 11) is 0. The molecule has 2 aromatic heterocycles. The van der Waals surface area contributed by atoms with Gasteiger partial charge in [-0.3, -0.25) is 14.5 Å². The van der Waals surface area contributed by atoms with Gasteiger partial charge in [-0.2, -0.15) is 4.98 Å². The molecule has 0 spiro atoms. The van der Waals surface area contributed by atoms with E-state index < -0.39 is 5.54 Å². The van der Waals surface area contributed by atoms with Crippen LogP contribution in [0.1, 0.15) is 50.0 Å². The normalized spacial score (nSPS) is 15.3. The molecule has 0 unspecified atom stereocenters. The molecule has 31 heavy (non-hydrogen) atoms. The topological polar surface area (TPSA) is 101 Å². The lowest BCUT2D eigenvalue weighted by molar-refractivity contribution is -0.118. The van der Waals surface area contributed by atoms with Crippen LogP contribution in [0.25, 0.3) is 6.08 Å². The first-order valence-corrected chi connectivity index (χ1v) is 11.0. The largest absolute Gasteiger partial charge is 0.340 e. The third-order valence-electron chi connectivity index (χ3n) is 5.21. The number of hydrogen-bond acceptors (Lipinski definition) is 7. The van der Waals surface area contributed by atoms with Crippen LogP contribution in [0.2, 0.25) is 0 Å². The average Bonchev–Trinajstić information content (AvgIpc) is 3.49. The molecule has 0 aliphatic heterocycles. The number of carbonyl (C=O) groups is 2. The number of nitrogens with zero attached hydrogens (tertiary/aromatic N) is 4. The van der Waals surface area contributed by atoms with E-state index in [2.05, 4.69) is 20.4 Å². The van der Waals surface area contributed by atoms with Crippen molar-refractivity contribution in [3.63, 3.8) is 0 Å². The Morgan fingerprint density at radius 2 is 1.94 bits per heavy atom. The lowest BCUT2D eigenvalue weighted by Crippen LogP contribution is -2.44. The van der Waals surface area contributed by atoms with Crippen LogP contribution in [0.5, 0.6) is 0 Å². The number of aryl methyl sites for hydroxylation is 1. The second-order valence-corrected chi connectivity index (χ2v) is 8.33. The number of thiazole rings is 1. The van der Waals surface area contributed by atoms with Gasteiger partial charge < -0.3 is 9.84 Å². The molecule has 9 heteroatoms. The number of carbonyl (C=O) groups excluding carboxylic acids is 2. The van der Waals surface area contributed by atoms with E-state index in [0.717, 1.165) is 31.4 Å². The smallest absolute Gasteiger partial charge is 0.244 e. The second kappa shape index (κ2) is 8.81. The van der Waals surface area contributed by atoms with Crippen LogP contribution in [-0.4, -0.2) is 26.9 Å². The second-order valence-electron chi connectivity index (χ2n) is 7.49. The number of benzene rings is 1. The first-order valence-electron chi connectivity index (χ1n) is 10.1. The van der Waals surface area contributed by atoms with Crippen molar-refractivity contribution in [3.05, 3.63) is 59.2 Å². The molecule has 0 bridgehead atoms. The van der Waals surface area contributed by atoms with Crippen molar-refractivity contribution in [2.24, 2.45) is 0 Å². The standard InChI is InChI=1S/C22H23N5O3S/c1-15-23-20(26-30-15)22(12-6-7-13-22)25-19(29)11-10-17-14-31-21(24-17)27(16(2)28)18-8-4-3-5-9-18/h3-5,8-11,14H,6-7,12-13H2,1-2H3,(H,25,29). The molecular formula is C22H23N5O3S. The molecule has 1 fully saturated rings. The Balaban J connectivity index is 1.48. The molecule has 8 nitrogen and oxygen atoms in total. The molecule has 4 rings (SSSR count). The number of nitrogens with one attached hydrogen (secondary N) is 1. The van der Waals surface area contributed by atoms with Crippen LogP contribution >= 0.6 is 11.3 Å². The summed E-state index contributed by atoms with van der Waals surface area (Å²) in [5.41, 5.74) is 0.759. The Kier molecular flexibility index (Phi) is 5.94. The number of amides is 2. The van der Waals surface area contributed by atoms with Crippen molar-refractivity contribution < 1.29 is 14.1 Å². The summed E-state index contributed by atoms with van der Waals surface area (Å²) in [6, 6.07) is 9.34. The highest BCUT2D eigenvalue weighted by atomic mass is 32.1. The van der Waals surface area contributed by atoms with Crippen LogP contribution in [0.15, 0.2) is 46.3 Å². The van der Waals surface area contributed by atoms with Gasteiger partial charge in [0.05, 0.1) is 11.4 Å². The molecule has 1 aliphatic rings. The van der Waals surface area contributed by atoms with Gasteiger partial charge in [-0.1, -0.05) is 36.2 Å². The van der Waals surface area contributed by atoms with E-state index in [1.165, 1.54) is 24.3 Å². The summed E-state index contributed by atoms with van der Waals surface area (Å²) in [5, 5.41) is 9.46. The van der Waals surface area contributed by atoms with Crippen LogP contribution in [-0.2, 0) is 15.1 Å². The monoisotopic (exact) mass is 437 g/mol. The third kappa shape index (κ3) is 4.56. The molecule has 160 valence electrons. The van der Waals surface area contributed by atoms with Gasteiger partial charge in [0.15, 0.2) is 11.0 Å². The highest BCUT2D eigenvalue weighted by Crippen LogP contribution is 2.37. The fourth-order valence-electron chi connectivity index (χ4n) is 3.77. The fourth-order valence-corrected chi connectivity index (χ4v) is 4.63. The molecule has 2 heterocycles. The molecule has 2 amide bonds. The summed E-state index contributed by atoms with van der Waals surface area (Å²) < 4.78 is 5.12. The van der Waals surface area contributed by atoms with Gasteiger partial charge in [-0.05, 0) is 31.1 Å². The number of rotatable bonds is 6. The Hall–Kier alpha value is -3.33. The third-order valence-corrected chi connectivity index (χ3v) is 6.06. The van der Waals surface area contributed by atoms with E-state index in [-0.39, 0.29) is 11.8 Å². The fraction of sp³-hybridized carbons (Fsp3) is 0.318. The van der Waals surface area contributed by atoms with Gasteiger partial charge in [-0.15, -0.1) is 11.3 Å². The van der Waals surface area contributed by atoms with Crippen molar-refractivity contribution in [2.45, 2.75) is 45.1 Å². The van der Waals surface area contributed by atoms with Gasteiger partial charge in [-0.25, -0.2) is 4.98 Å². The number of anilines is 2. The summed E-state index contributed by atoms with van der Waals surface area (Å²) in [6.07, 6.45) is 6.63. The van der Waals surface area contributed by atoms with Crippen molar-refractivity contribution in [3.8, 4) is 0 Å². The zero-order valence-corrected chi connectivity index (χ0v) is 18.2. The highest BCUT2D eigenvalue weighted by molar-refractivity contribution is 7.14. The SMILES string of the molecule is CC(=O)N(c1ccccc1)c1nc(C=CC(=O)NC2(c3noc(C)n3)CCCC2)cs1. The molecule has 1 aromatic carbocycles. The van der Waals surface area contributed by atoms with Gasteiger partial charge in [0.25, 0.3) is 0 Å². The predicted molar refractivity (Wildman–Crippen MR) is 118 cm³/mol. The van der Waals surface area contributed by atoms with E-state index in [1.807, 2.05) is 35.7 Å². The number of hydrogen-bond donors (Lipinski definition) is 1. The molecule has 3 aromatic rings. The first kappa shape index (κ1) is 20.9. The maximum absolute atomic E-state index is 12.7. The van der Waals surface area contributed by atoms with Crippen LogP contribution in [0.4, 0.5) is 10.8 Å². The van der Waals surface area contributed by atoms with Gasteiger partial charge >= 0.3 is 0 Å². The maximum atomic E-state index is 12.7. The Labute approximate surface area is 184 Å². The number of aromatic nitrogens is 3. The first-order chi connectivity index (χ1) is 15.0. The molecule has 0 atom stereocenters. The molecule has 1 aliphatic carbocycles. The minimum atomic E-state index is -0.592. The molecule has 1 N–H and O–H groups in total. The lowest BCUT2D eigenvalue weighted by Gasteiger charge is -2.25. The van der Waals surface area contributed by atoms with Gasteiger partial charge in [0.1, 0.15) is 5.54 Å². The Morgan fingerprint density at radius 3 is 2.58 bits per heavy atom. The van der Waals surface area contributed by atoms with E-state index in [9.17, 15) is 9.59 Å². The maximum Gasteiger partial charge on any atom is 0.244 e. The number of para-hydroxylation sites is 1. The molecule has 0 saturated heterocycles. The van der Waals surface area contributed by atoms with Crippen molar-refractivity contribution in [1.29, 1.82) is 0 Å². The summed E-state index contributed by atoms with van der Waals surface area (Å²) in [5.74, 6) is 0.632. The van der Waals surface area contributed by atoms with Gasteiger partial charge in [0.2, 0.25) is 17.7 Å². The Morgan fingerprint density at radius 1 is 1.19 bits per heavy atom. The Bertz CT molecular complexity index is 1100. The van der Waals surface area contributed by atoms with Crippen molar-refractivity contribution >= 4 is 40.0 Å². The zero-order chi connectivity index (χ0) is 21.8. The molecular weight excluding hydrogens is 414 g/mol. The van der Waals surface area contributed by atoms with Crippen LogP contribution in [0, 0.1) is 6.92 Å². The van der Waals surface area contributed by atoms with Crippen molar-refractivity contribution in [2.75, 3.05) is 4.90 Å². The van der Waals surface area contributed by atoms with E-state index in [4.69, 9.17) is 4.52 Å². The molecule has 1 saturated carbocycles.